The lowest BCUT2D eigenvalue weighted by molar-refractivity contribution is 0.0710. The number of hydrogen-bond acceptors (Lipinski definition) is 8. The summed E-state index contributed by atoms with van der Waals surface area (Å²) in [6.07, 6.45) is 1.39. The second-order valence-electron chi connectivity index (χ2n) is 6.70. The summed E-state index contributed by atoms with van der Waals surface area (Å²) < 4.78 is 27.9. The molecule has 1 fully saturated rings. The predicted molar refractivity (Wildman–Crippen MR) is 108 cm³/mol. The van der Waals surface area contributed by atoms with Gasteiger partial charge in [-0.15, -0.1) is 0 Å². The summed E-state index contributed by atoms with van der Waals surface area (Å²) in [5.41, 5.74) is 3.25. The summed E-state index contributed by atoms with van der Waals surface area (Å²) in [5, 5.41) is 9.33. The molecule has 1 saturated heterocycles. The van der Waals surface area contributed by atoms with Gasteiger partial charge in [-0.2, -0.15) is 4.31 Å². The normalized spacial score (nSPS) is 15.5. The van der Waals surface area contributed by atoms with E-state index >= 15 is 0 Å². The van der Waals surface area contributed by atoms with E-state index in [2.05, 4.69) is 4.98 Å². The Labute approximate surface area is 168 Å². The van der Waals surface area contributed by atoms with Gasteiger partial charge in [0.2, 0.25) is 10.0 Å². The number of hydroxylamine groups is 1. The van der Waals surface area contributed by atoms with Crippen LogP contribution in [0.5, 0.6) is 0 Å². The molecule has 0 unspecified atom stereocenters. The highest BCUT2D eigenvalue weighted by molar-refractivity contribution is 7.89. The van der Waals surface area contributed by atoms with E-state index in [1.165, 1.54) is 10.5 Å². The van der Waals surface area contributed by atoms with Crippen molar-refractivity contribution >= 4 is 38.1 Å². The van der Waals surface area contributed by atoms with Crippen molar-refractivity contribution < 1.29 is 18.4 Å². The summed E-state index contributed by atoms with van der Waals surface area (Å²) in [5.74, 6) is -0.611. The van der Waals surface area contributed by atoms with Crippen LogP contribution in [0.2, 0.25) is 0 Å². The maximum Gasteiger partial charge on any atom is 0.286 e. The van der Waals surface area contributed by atoms with E-state index in [0.717, 1.165) is 16.9 Å². The molecule has 1 amide bonds. The predicted octanol–water partition coefficient (Wildman–Crippen LogP) is 1.15. The Hall–Kier alpha value is -2.21. The average Bonchev–Trinajstić information content (AvgIpc) is 3.17. The van der Waals surface area contributed by atoms with Gasteiger partial charge in [-0.3, -0.25) is 10.0 Å². The van der Waals surface area contributed by atoms with Gasteiger partial charge >= 0.3 is 0 Å². The van der Waals surface area contributed by atoms with Gasteiger partial charge < -0.3 is 9.80 Å². The molecule has 152 valence electrons. The first-order chi connectivity index (χ1) is 13.2. The number of piperazine rings is 1. The number of benzene rings is 1. The van der Waals surface area contributed by atoms with Gasteiger partial charge in [-0.1, -0.05) is 17.4 Å². The Bertz CT molecular complexity index is 966. The van der Waals surface area contributed by atoms with Crippen LogP contribution in [0.4, 0.5) is 10.8 Å². The number of aromatic nitrogens is 1. The van der Waals surface area contributed by atoms with E-state index in [4.69, 9.17) is 5.21 Å². The van der Waals surface area contributed by atoms with Gasteiger partial charge in [0.1, 0.15) is 9.77 Å². The van der Waals surface area contributed by atoms with Crippen LogP contribution in [-0.4, -0.2) is 69.1 Å². The number of amides is 1. The minimum absolute atomic E-state index is 0.294. The van der Waals surface area contributed by atoms with E-state index in [-0.39, 0.29) is 0 Å². The molecule has 1 aliphatic rings. The molecular formula is C17H23N5O4S2. The molecule has 11 heteroatoms. The van der Waals surface area contributed by atoms with Gasteiger partial charge in [-0.05, 0) is 24.6 Å². The van der Waals surface area contributed by atoms with E-state index < -0.39 is 15.9 Å². The van der Waals surface area contributed by atoms with Crippen LogP contribution >= 0.6 is 11.3 Å². The zero-order valence-corrected chi connectivity index (χ0v) is 17.5. The van der Waals surface area contributed by atoms with Crippen molar-refractivity contribution in [2.24, 2.45) is 0 Å². The standard InChI is InChI=1S/C17H23N5O4S2/c1-12-4-5-15(13(10-12)20(2)3)28(25,26)22-8-6-21(7-9-22)17-18-11-14(27-17)16(23)19-24/h4-5,10-11,24H,6-9H2,1-3H3,(H,19,23). The Morgan fingerprint density at radius 2 is 1.93 bits per heavy atom. The van der Waals surface area contributed by atoms with Gasteiger partial charge in [0.15, 0.2) is 5.13 Å². The van der Waals surface area contributed by atoms with Crippen molar-refractivity contribution in [3.8, 4) is 0 Å². The molecule has 0 bridgehead atoms. The van der Waals surface area contributed by atoms with Crippen molar-refractivity contribution in [3.63, 3.8) is 0 Å². The smallest absolute Gasteiger partial charge is 0.286 e. The number of thiazole rings is 1. The third kappa shape index (κ3) is 3.97. The van der Waals surface area contributed by atoms with Crippen molar-refractivity contribution in [2.75, 3.05) is 50.1 Å². The zero-order chi connectivity index (χ0) is 20.5. The molecule has 2 heterocycles. The SMILES string of the molecule is Cc1ccc(S(=O)(=O)N2CCN(c3ncc(C(=O)NO)s3)CC2)c(N(C)C)c1. The van der Waals surface area contributed by atoms with Crippen LogP contribution in [0.1, 0.15) is 15.2 Å². The summed E-state index contributed by atoms with van der Waals surface area (Å²) in [4.78, 5) is 20.0. The summed E-state index contributed by atoms with van der Waals surface area (Å²) in [7, 11) is 0.0339. The Kier molecular flexibility index (Phi) is 5.89. The lowest BCUT2D eigenvalue weighted by atomic mass is 10.2. The highest BCUT2D eigenvalue weighted by Gasteiger charge is 2.31. The average molecular weight is 426 g/mol. The maximum absolute atomic E-state index is 13.2. The number of nitrogens with zero attached hydrogens (tertiary/aromatic N) is 4. The fraction of sp³-hybridized carbons (Fsp3) is 0.412. The lowest BCUT2D eigenvalue weighted by Gasteiger charge is -2.34. The van der Waals surface area contributed by atoms with Crippen LogP contribution in [-0.2, 0) is 10.0 Å². The largest absolute Gasteiger partial charge is 0.377 e. The van der Waals surface area contributed by atoms with Crippen molar-refractivity contribution in [1.82, 2.24) is 14.8 Å². The molecule has 0 spiro atoms. The van der Waals surface area contributed by atoms with Gasteiger partial charge in [0.05, 0.1) is 11.9 Å². The molecule has 1 aromatic heterocycles. The Morgan fingerprint density at radius 3 is 2.54 bits per heavy atom. The minimum atomic E-state index is -3.62. The third-order valence-electron chi connectivity index (χ3n) is 4.54. The maximum atomic E-state index is 13.2. The highest BCUT2D eigenvalue weighted by atomic mass is 32.2. The van der Waals surface area contributed by atoms with Crippen LogP contribution in [0.25, 0.3) is 0 Å². The summed E-state index contributed by atoms with van der Waals surface area (Å²) in [6, 6.07) is 5.33. The molecule has 2 N–H and O–H groups in total. The molecule has 2 aromatic rings. The number of hydrogen-bond donors (Lipinski definition) is 2. The molecule has 1 aromatic carbocycles. The zero-order valence-electron chi connectivity index (χ0n) is 15.9. The van der Waals surface area contributed by atoms with Crippen LogP contribution in [0.3, 0.4) is 0 Å². The molecular weight excluding hydrogens is 402 g/mol. The van der Waals surface area contributed by atoms with E-state index in [0.29, 0.717) is 46.8 Å². The molecule has 1 aliphatic heterocycles. The molecule has 0 saturated carbocycles. The number of nitrogens with one attached hydrogen (secondary N) is 1. The van der Waals surface area contributed by atoms with Crippen molar-refractivity contribution in [2.45, 2.75) is 11.8 Å². The minimum Gasteiger partial charge on any atom is -0.377 e. The Balaban J connectivity index is 1.76. The van der Waals surface area contributed by atoms with Gasteiger partial charge in [0.25, 0.3) is 5.91 Å². The van der Waals surface area contributed by atoms with Crippen LogP contribution in [0.15, 0.2) is 29.3 Å². The van der Waals surface area contributed by atoms with Crippen molar-refractivity contribution in [3.05, 3.63) is 34.8 Å². The Morgan fingerprint density at radius 1 is 1.25 bits per heavy atom. The number of rotatable bonds is 5. The summed E-state index contributed by atoms with van der Waals surface area (Å²) in [6.45, 7) is 3.52. The third-order valence-corrected chi connectivity index (χ3v) is 7.54. The summed E-state index contributed by atoms with van der Waals surface area (Å²) >= 11 is 1.15. The molecule has 9 nitrogen and oxygen atoms in total. The molecule has 28 heavy (non-hydrogen) atoms. The van der Waals surface area contributed by atoms with Crippen LogP contribution < -0.4 is 15.3 Å². The quantitative estimate of drug-likeness (QED) is 0.547. The first kappa shape index (κ1) is 20.5. The van der Waals surface area contributed by atoms with Crippen molar-refractivity contribution in [1.29, 1.82) is 0 Å². The first-order valence-electron chi connectivity index (χ1n) is 8.67. The number of carbonyl (C=O) groups is 1. The number of carbonyl (C=O) groups excluding carboxylic acids is 1. The topological polar surface area (TPSA) is 106 Å². The number of sulfonamides is 1. The lowest BCUT2D eigenvalue weighted by Crippen LogP contribution is -2.48. The molecule has 0 aliphatic carbocycles. The van der Waals surface area contributed by atoms with Crippen LogP contribution in [0, 0.1) is 6.92 Å². The van der Waals surface area contributed by atoms with E-state index in [9.17, 15) is 13.2 Å². The fourth-order valence-electron chi connectivity index (χ4n) is 3.03. The van der Waals surface area contributed by atoms with E-state index in [1.807, 2.05) is 32.0 Å². The number of anilines is 2. The molecule has 3 rings (SSSR count). The van der Waals surface area contributed by atoms with Gasteiger partial charge in [-0.25, -0.2) is 18.9 Å². The molecule has 0 atom stereocenters. The van der Waals surface area contributed by atoms with Gasteiger partial charge in [0, 0.05) is 40.3 Å². The number of aryl methyl sites for hydroxylation is 1. The highest BCUT2D eigenvalue weighted by Crippen LogP contribution is 2.30. The van der Waals surface area contributed by atoms with E-state index in [1.54, 1.807) is 22.5 Å². The molecule has 0 radical (unpaired) electrons. The fourth-order valence-corrected chi connectivity index (χ4v) is 5.55. The monoisotopic (exact) mass is 425 g/mol. The second-order valence-corrected chi connectivity index (χ2v) is 9.62. The second kappa shape index (κ2) is 8.03. The first-order valence-corrected chi connectivity index (χ1v) is 10.9.